The normalized spacial score (nSPS) is 10.1. The molecule has 2 N–H and O–H groups in total. The van der Waals surface area contributed by atoms with Crippen LogP contribution in [0.1, 0.15) is 0 Å². The number of carbonyl (C=O) groups excluding carboxylic acids is 1. The van der Waals surface area contributed by atoms with Crippen LogP contribution in [0.4, 0.5) is 15.8 Å². The van der Waals surface area contributed by atoms with Crippen molar-refractivity contribution in [2.24, 2.45) is 0 Å². The van der Waals surface area contributed by atoms with Crippen molar-refractivity contribution >= 4 is 28.9 Å². The Bertz CT molecular complexity index is 687. The van der Waals surface area contributed by atoms with Crippen LogP contribution < -0.4 is 20.1 Å². The van der Waals surface area contributed by atoms with Crippen LogP contribution >= 0.6 is 11.6 Å². The highest BCUT2D eigenvalue weighted by atomic mass is 35.5. The summed E-state index contributed by atoms with van der Waals surface area (Å²) < 4.78 is 23.3. The number of benzene rings is 2. The van der Waals surface area contributed by atoms with Gasteiger partial charge in [0.05, 0.1) is 25.8 Å². The molecule has 0 aliphatic rings. The first-order valence-corrected chi connectivity index (χ1v) is 7.11. The zero-order valence-electron chi connectivity index (χ0n) is 12.7. The van der Waals surface area contributed by atoms with Gasteiger partial charge >= 0.3 is 0 Å². The van der Waals surface area contributed by atoms with Crippen LogP contribution in [0.3, 0.4) is 0 Å². The standard InChI is InChI=1S/C16H16ClFN2O3/c1-22-12-5-11(6-13(8-12)23-2)20-16(21)9-19-10-3-4-15(18)14(17)7-10/h3-8,19H,9H2,1-2H3,(H,20,21). The zero-order valence-corrected chi connectivity index (χ0v) is 13.4. The largest absolute Gasteiger partial charge is 0.497 e. The summed E-state index contributed by atoms with van der Waals surface area (Å²) in [5.41, 5.74) is 1.10. The molecule has 23 heavy (non-hydrogen) atoms. The van der Waals surface area contributed by atoms with Crippen molar-refractivity contribution in [3.63, 3.8) is 0 Å². The lowest BCUT2D eigenvalue weighted by atomic mass is 10.2. The van der Waals surface area contributed by atoms with Crippen molar-refractivity contribution in [3.05, 3.63) is 47.2 Å². The SMILES string of the molecule is COc1cc(NC(=O)CNc2ccc(F)c(Cl)c2)cc(OC)c1. The third-order valence-electron chi connectivity index (χ3n) is 3.01. The summed E-state index contributed by atoms with van der Waals surface area (Å²) in [5, 5.41) is 5.58. The van der Waals surface area contributed by atoms with E-state index in [-0.39, 0.29) is 17.5 Å². The second kappa shape index (κ2) is 7.69. The molecular weight excluding hydrogens is 323 g/mol. The maximum atomic E-state index is 13.1. The Morgan fingerprint density at radius 2 is 1.74 bits per heavy atom. The van der Waals surface area contributed by atoms with E-state index in [1.54, 1.807) is 18.2 Å². The minimum Gasteiger partial charge on any atom is -0.497 e. The van der Waals surface area contributed by atoms with Crippen LogP contribution in [0.5, 0.6) is 11.5 Å². The molecule has 5 nitrogen and oxygen atoms in total. The summed E-state index contributed by atoms with van der Waals surface area (Å²) >= 11 is 5.68. The second-order valence-electron chi connectivity index (χ2n) is 4.63. The summed E-state index contributed by atoms with van der Waals surface area (Å²) in [6, 6.07) is 9.20. The van der Waals surface area contributed by atoms with Gasteiger partial charge in [0.1, 0.15) is 17.3 Å². The molecule has 2 aromatic rings. The Kier molecular flexibility index (Phi) is 5.65. The molecule has 0 saturated heterocycles. The Hall–Kier alpha value is -2.47. The molecule has 1 amide bonds. The fraction of sp³-hybridized carbons (Fsp3) is 0.188. The first-order chi connectivity index (χ1) is 11.0. The molecule has 0 saturated carbocycles. The van der Waals surface area contributed by atoms with Gasteiger partial charge < -0.3 is 20.1 Å². The van der Waals surface area contributed by atoms with Crippen LogP contribution in [0.15, 0.2) is 36.4 Å². The van der Waals surface area contributed by atoms with Crippen molar-refractivity contribution in [1.82, 2.24) is 0 Å². The smallest absolute Gasteiger partial charge is 0.243 e. The van der Waals surface area contributed by atoms with Gasteiger partial charge in [-0.1, -0.05) is 11.6 Å². The van der Waals surface area contributed by atoms with Crippen molar-refractivity contribution in [2.75, 3.05) is 31.4 Å². The van der Waals surface area contributed by atoms with Gasteiger partial charge in [0, 0.05) is 29.6 Å². The van der Waals surface area contributed by atoms with Gasteiger partial charge in [-0.25, -0.2) is 4.39 Å². The van der Waals surface area contributed by atoms with E-state index in [0.717, 1.165) is 0 Å². The molecule has 2 aromatic carbocycles. The molecule has 0 atom stereocenters. The molecule has 0 unspecified atom stereocenters. The van der Waals surface area contributed by atoms with E-state index in [2.05, 4.69) is 10.6 Å². The lowest BCUT2D eigenvalue weighted by Gasteiger charge is -2.11. The fourth-order valence-electron chi connectivity index (χ4n) is 1.87. The van der Waals surface area contributed by atoms with Crippen LogP contribution in [-0.2, 0) is 4.79 Å². The van der Waals surface area contributed by atoms with Crippen LogP contribution in [0.25, 0.3) is 0 Å². The highest BCUT2D eigenvalue weighted by Gasteiger charge is 2.07. The number of amides is 1. The van der Waals surface area contributed by atoms with Gasteiger partial charge in [0.2, 0.25) is 5.91 Å². The number of anilines is 2. The maximum absolute atomic E-state index is 13.1. The van der Waals surface area contributed by atoms with E-state index in [9.17, 15) is 9.18 Å². The number of nitrogens with one attached hydrogen (secondary N) is 2. The first-order valence-electron chi connectivity index (χ1n) is 6.73. The molecule has 0 heterocycles. The molecular formula is C16H16ClFN2O3. The van der Waals surface area contributed by atoms with Gasteiger partial charge in [0.25, 0.3) is 0 Å². The van der Waals surface area contributed by atoms with Gasteiger partial charge in [-0.3, -0.25) is 4.79 Å². The summed E-state index contributed by atoms with van der Waals surface area (Å²) in [5.74, 6) is 0.349. The summed E-state index contributed by atoms with van der Waals surface area (Å²) in [4.78, 5) is 12.0. The van der Waals surface area contributed by atoms with E-state index in [1.165, 1.54) is 32.4 Å². The molecule has 0 aliphatic heterocycles. The zero-order chi connectivity index (χ0) is 16.8. The van der Waals surface area contributed by atoms with Crippen LogP contribution in [0, 0.1) is 5.82 Å². The Labute approximate surface area is 138 Å². The predicted octanol–water partition coefficient (Wildman–Crippen LogP) is 3.55. The first kappa shape index (κ1) is 16.9. The van der Waals surface area contributed by atoms with Crippen molar-refractivity contribution < 1.29 is 18.7 Å². The number of hydrogen-bond donors (Lipinski definition) is 2. The highest BCUT2D eigenvalue weighted by Crippen LogP contribution is 2.25. The maximum Gasteiger partial charge on any atom is 0.243 e. The third kappa shape index (κ3) is 4.75. The molecule has 0 fully saturated rings. The van der Waals surface area contributed by atoms with E-state index < -0.39 is 5.82 Å². The second-order valence-corrected chi connectivity index (χ2v) is 5.04. The molecule has 122 valence electrons. The van der Waals surface area contributed by atoms with E-state index in [1.807, 2.05) is 0 Å². The van der Waals surface area contributed by atoms with Crippen LogP contribution in [0.2, 0.25) is 5.02 Å². The summed E-state index contributed by atoms with van der Waals surface area (Å²) in [6.45, 7) is 0.00147. The molecule has 0 spiro atoms. The molecule has 0 bridgehead atoms. The lowest BCUT2D eigenvalue weighted by molar-refractivity contribution is -0.114. The predicted molar refractivity (Wildman–Crippen MR) is 88.1 cm³/mol. The van der Waals surface area contributed by atoms with E-state index >= 15 is 0 Å². The fourth-order valence-corrected chi connectivity index (χ4v) is 2.05. The Morgan fingerprint density at radius 1 is 1.09 bits per heavy atom. The number of carbonyl (C=O) groups is 1. The Balaban J connectivity index is 1.97. The molecule has 0 aromatic heterocycles. The monoisotopic (exact) mass is 338 g/mol. The topological polar surface area (TPSA) is 59.6 Å². The van der Waals surface area contributed by atoms with Crippen molar-refractivity contribution in [3.8, 4) is 11.5 Å². The van der Waals surface area contributed by atoms with E-state index in [0.29, 0.717) is 22.9 Å². The number of methoxy groups -OCH3 is 2. The Morgan fingerprint density at radius 3 is 2.30 bits per heavy atom. The average Bonchev–Trinajstić information content (AvgIpc) is 2.55. The van der Waals surface area contributed by atoms with Gasteiger partial charge in [-0.15, -0.1) is 0 Å². The molecule has 0 radical (unpaired) electrons. The van der Waals surface area contributed by atoms with E-state index in [4.69, 9.17) is 21.1 Å². The summed E-state index contributed by atoms with van der Waals surface area (Å²) in [7, 11) is 3.06. The molecule has 7 heteroatoms. The van der Waals surface area contributed by atoms with Crippen LogP contribution in [-0.4, -0.2) is 26.7 Å². The third-order valence-corrected chi connectivity index (χ3v) is 3.30. The number of rotatable bonds is 6. The van der Waals surface area contributed by atoms with Gasteiger partial charge in [0.15, 0.2) is 0 Å². The molecule has 0 aliphatic carbocycles. The molecule has 2 rings (SSSR count). The number of halogens is 2. The average molecular weight is 339 g/mol. The van der Waals surface area contributed by atoms with Gasteiger partial charge in [-0.05, 0) is 18.2 Å². The highest BCUT2D eigenvalue weighted by molar-refractivity contribution is 6.31. The lowest BCUT2D eigenvalue weighted by Crippen LogP contribution is -2.21. The van der Waals surface area contributed by atoms with Crippen molar-refractivity contribution in [2.45, 2.75) is 0 Å². The minimum absolute atomic E-state index is 0.00147. The van der Waals surface area contributed by atoms with Gasteiger partial charge in [-0.2, -0.15) is 0 Å². The summed E-state index contributed by atoms with van der Waals surface area (Å²) in [6.07, 6.45) is 0. The quantitative estimate of drug-likeness (QED) is 0.845. The number of ether oxygens (including phenoxy) is 2. The van der Waals surface area contributed by atoms with Crippen molar-refractivity contribution in [1.29, 1.82) is 0 Å². The number of hydrogen-bond acceptors (Lipinski definition) is 4. The minimum atomic E-state index is -0.509.